The van der Waals surface area contributed by atoms with E-state index in [0.717, 1.165) is 30.9 Å². The fourth-order valence-corrected chi connectivity index (χ4v) is 2.03. The van der Waals surface area contributed by atoms with Gasteiger partial charge in [-0.2, -0.15) is 5.10 Å². The van der Waals surface area contributed by atoms with Crippen molar-refractivity contribution in [3.05, 3.63) is 17.5 Å². The number of likely N-dealkylation sites (N-methyl/N-ethyl adjacent to an activating group) is 1. The molecule has 0 bridgehead atoms. The molecule has 0 aromatic carbocycles. The van der Waals surface area contributed by atoms with Crippen molar-refractivity contribution >= 4 is 5.91 Å². The molecular formula is C11H18N4O. The SMILES string of the molecule is CCN(C(=O)c1cn(C)nc1C)C1CNC1. The first-order chi connectivity index (χ1) is 7.63. The number of hydrogen-bond donors (Lipinski definition) is 1. The van der Waals surface area contributed by atoms with Crippen LogP contribution in [0.3, 0.4) is 0 Å². The van der Waals surface area contributed by atoms with Gasteiger partial charge in [-0.15, -0.1) is 0 Å². The lowest BCUT2D eigenvalue weighted by atomic mass is 10.1. The van der Waals surface area contributed by atoms with E-state index in [9.17, 15) is 4.79 Å². The van der Waals surface area contributed by atoms with Crippen LogP contribution in [0.5, 0.6) is 0 Å². The van der Waals surface area contributed by atoms with Crippen molar-refractivity contribution in [1.82, 2.24) is 20.0 Å². The molecule has 1 aromatic rings. The first kappa shape index (κ1) is 11.1. The van der Waals surface area contributed by atoms with E-state index in [4.69, 9.17) is 0 Å². The van der Waals surface area contributed by atoms with E-state index in [2.05, 4.69) is 10.4 Å². The molecule has 1 saturated heterocycles. The van der Waals surface area contributed by atoms with Gasteiger partial charge in [0.2, 0.25) is 0 Å². The summed E-state index contributed by atoms with van der Waals surface area (Å²) in [6, 6.07) is 0.345. The topological polar surface area (TPSA) is 50.2 Å². The number of aromatic nitrogens is 2. The van der Waals surface area contributed by atoms with Crippen molar-refractivity contribution in [1.29, 1.82) is 0 Å². The number of aryl methyl sites for hydroxylation is 2. The van der Waals surface area contributed by atoms with E-state index >= 15 is 0 Å². The molecule has 1 N–H and O–H groups in total. The van der Waals surface area contributed by atoms with Gasteiger partial charge in [-0.3, -0.25) is 9.48 Å². The third-order valence-corrected chi connectivity index (χ3v) is 3.05. The van der Waals surface area contributed by atoms with Crippen LogP contribution in [-0.2, 0) is 7.05 Å². The number of amides is 1. The quantitative estimate of drug-likeness (QED) is 0.792. The molecule has 16 heavy (non-hydrogen) atoms. The van der Waals surface area contributed by atoms with Crippen LogP contribution in [0.2, 0.25) is 0 Å². The first-order valence-electron chi connectivity index (χ1n) is 5.65. The van der Waals surface area contributed by atoms with Crippen LogP contribution in [0.15, 0.2) is 6.20 Å². The Morgan fingerprint density at radius 2 is 2.38 bits per heavy atom. The van der Waals surface area contributed by atoms with Crippen LogP contribution in [0.25, 0.3) is 0 Å². The fraction of sp³-hybridized carbons (Fsp3) is 0.636. The average Bonchev–Trinajstić information content (AvgIpc) is 2.50. The van der Waals surface area contributed by atoms with E-state index in [1.54, 1.807) is 10.9 Å². The summed E-state index contributed by atoms with van der Waals surface area (Å²) < 4.78 is 1.69. The van der Waals surface area contributed by atoms with Gasteiger partial charge in [-0.25, -0.2) is 0 Å². The number of nitrogens with zero attached hydrogens (tertiary/aromatic N) is 3. The molecule has 88 valence electrons. The van der Waals surface area contributed by atoms with Gasteiger partial charge >= 0.3 is 0 Å². The number of carbonyl (C=O) groups is 1. The molecule has 2 rings (SSSR count). The summed E-state index contributed by atoms with van der Waals surface area (Å²) >= 11 is 0. The highest BCUT2D eigenvalue weighted by atomic mass is 16.2. The Labute approximate surface area is 95.4 Å². The molecule has 1 aromatic heterocycles. The maximum atomic E-state index is 12.3. The minimum absolute atomic E-state index is 0.0969. The van der Waals surface area contributed by atoms with Gasteiger partial charge in [-0.05, 0) is 13.8 Å². The third-order valence-electron chi connectivity index (χ3n) is 3.05. The fourth-order valence-electron chi connectivity index (χ4n) is 2.03. The standard InChI is InChI=1S/C11H18N4O/c1-4-15(9-5-12-6-9)11(16)10-7-14(3)13-8(10)2/h7,9,12H,4-6H2,1-3H3. The molecule has 5 nitrogen and oxygen atoms in total. The van der Waals surface area contributed by atoms with Gasteiger partial charge in [0, 0.05) is 32.9 Å². The Hall–Kier alpha value is -1.36. The molecule has 0 spiro atoms. The summed E-state index contributed by atoms with van der Waals surface area (Å²) in [7, 11) is 1.84. The lowest BCUT2D eigenvalue weighted by Gasteiger charge is -2.37. The largest absolute Gasteiger partial charge is 0.333 e. The normalized spacial score (nSPS) is 15.9. The highest BCUT2D eigenvalue weighted by molar-refractivity contribution is 5.95. The van der Waals surface area contributed by atoms with Crippen molar-refractivity contribution in [2.45, 2.75) is 19.9 Å². The molecule has 5 heteroatoms. The minimum Gasteiger partial charge on any atom is -0.333 e. The molecule has 1 aliphatic heterocycles. The first-order valence-corrected chi connectivity index (χ1v) is 5.65. The molecule has 0 aliphatic carbocycles. The highest BCUT2D eigenvalue weighted by Crippen LogP contribution is 2.13. The highest BCUT2D eigenvalue weighted by Gasteiger charge is 2.29. The van der Waals surface area contributed by atoms with Crippen molar-refractivity contribution in [3.8, 4) is 0 Å². The van der Waals surface area contributed by atoms with Gasteiger partial charge in [0.25, 0.3) is 5.91 Å². The lowest BCUT2D eigenvalue weighted by molar-refractivity contribution is 0.0629. The maximum absolute atomic E-state index is 12.3. The van der Waals surface area contributed by atoms with E-state index in [-0.39, 0.29) is 5.91 Å². The summed E-state index contributed by atoms with van der Waals surface area (Å²) in [6.07, 6.45) is 1.80. The molecule has 2 heterocycles. The smallest absolute Gasteiger partial charge is 0.257 e. The van der Waals surface area contributed by atoms with Crippen molar-refractivity contribution in [3.63, 3.8) is 0 Å². The molecule has 1 fully saturated rings. The van der Waals surface area contributed by atoms with Gasteiger partial charge in [0.1, 0.15) is 0 Å². The number of carbonyl (C=O) groups excluding carboxylic acids is 1. The third kappa shape index (κ3) is 1.82. The summed E-state index contributed by atoms with van der Waals surface area (Å²) in [4.78, 5) is 14.2. The van der Waals surface area contributed by atoms with Crippen LogP contribution in [0.4, 0.5) is 0 Å². The number of nitrogens with one attached hydrogen (secondary N) is 1. The Morgan fingerprint density at radius 1 is 1.69 bits per heavy atom. The van der Waals surface area contributed by atoms with Gasteiger partial charge < -0.3 is 10.2 Å². The van der Waals surface area contributed by atoms with E-state index < -0.39 is 0 Å². The van der Waals surface area contributed by atoms with Gasteiger partial charge in [0.15, 0.2) is 0 Å². The van der Waals surface area contributed by atoms with Crippen molar-refractivity contribution < 1.29 is 4.79 Å². The summed E-state index contributed by atoms with van der Waals surface area (Å²) in [5.41, 5.74) is 1.52. The zero-order valence-electron chi connectivity index (χ0n) is 10.0. The van der Waals surface area contributed by atoms with E-state index in [0.29, 0.717) is 6.04 Å². The molecule has 0 unspecified atom stereocenters. The van der Waals surface area contributed by atoms with Crippen LogP contribution in [-0.4, -0.2) is 46.3 Å². The second-order valence-corrected chi connectivity index (χ2v) is 4.21. The Morgan fingerprint density at radius 3 is 2.75 bits per heavy atom. The molecule has 0 saturated carbocycles. The van der Waals surface area contributed by atoms with E-state index in [1.807, 2.05) is 25.8 Å². The second-order valence-electron chi connectivity index (χ2n) is 4.21. The predicted octanol–water partition coefficient (Wildman–Crippen LogP) is 0.162. The molecule has 0 atom stereocenters. The summed E-state index contributed by atoms with van der Waals surface area (Å²) in [5, 5.41) is 7.39. The Balaban J connectivity index is 2.19. The summed E-state index contributed by atoms with van der Waals surface area (Å²) in [5.74, 6) is 0.0969. The minimum atomic E-state index is 0.0969. The number of hydrogen-bond acceptors (Lipinski definition) is 3. The van der Waals surface area contributed by atoms with Crippen molar-refractivity contribution in [2.24, 2.45) is 7.05 Å². The van der Waals surface area contributed by atoms with Gasteiger partial charge in [0.05, 0.1) is 17.3 Å². The van der Waals surface area contributed by atoms with Crippen LogP contribution >= 0.6 is 0 Å². The lowest BCUT2D eigenvalue weighted by Crippen LogP contribution is -2.58. The van der Waals surface area contributed by atoms with Crippen LogP contribution in [0.1, 0.15) is 23.0 Å². The molecular weight excluding hydrogens is 204 g/mol. The molecule has 1 amide bonds. The predicted molar refractivity (Wildman–Crippen MR) is 61.3 cm³/mol. The zero-order valence-corrected chi connectivity index (χ0v) is 10.0. The van der Waals surface area contributed by atoms with E-state index in [1.165, 1.54) is 0 Å². The van der Waals surface area contributed by atoms with Gasteiger partial charge in [-0.1, -0.05) is 0 Å². The molecule has 1 aliphatic rings. The monoisotopic (exact) mass is 222 g/mol. The second kappa shape index (κ2) is 4.25. The number of rotatable bonds is 3. The summed E-state index contributed by atoms with van der Waals surface area (Å²) in [6.45, 7) is 6.44. The van der Waals surface area contributed by atoms with Crippen LogP contribution in [0, 0.1) is 6.92 Å². The van der Waals surface area contributed by atoms with Crippen molar-refractivity contribution in [2.75, 3.05) is 19.6 Å². The molecule has 0 radical (unpaired) electrons. The average molecular weight is 222 g/mol. The maximum Gasteiger partial charge on any atom is 0.257 e. The zero-order chi connectivity index (χ0) is 11.7. The van der Waals surface area contributed by atoms with Crippen LogP contribution < -0.4 is 5.32 Å². The Bertz CT molecular complexity index is 395. The Kier molecular flexibility index (Phi) is 2.96.